The summed E-state index contributed by atoms with van der Waals surface area (Å²) >= 11 is 0. The Morgan fingerprint density at radius 2 is 1.80 bits per heavy atom. The van der Waals surface area contributed by atoms with Crippen LogP contribution in [0.1, 0.15) is 27.0 Å². The van der Waals surface area contributed by atoms with Crippen molar-refractivity contribution in [3.05, 3.63) is 64.7 Å². The van der Waals surface area contributed by atoms with E-state index < -0.39 is 0 Å². The SMILES string of the molecule is Cc1ccc(C(=O)NC2Cc3ccccc3C2)c(N)c1. The van der Waals surface area contributed by atoms with Crippen LogP contribution in [0.4, 0.5) is 5.69 Å². The molecule has 3 nitrogen and oxygen atoms in total. The highest BCUT2D eigenvalue weighted by Gasteiger charge is 2.23. The van der Waals surface area contributed by atoms with E-state index in [0.717, 1.165) is 18.4 Å². The first kappa shape index (κ1) is 12.7. The lowest BCUT2D eigenvalue weighted by Gasteiger charge is -2.13. The van der Waals surface area contributed by atoms with Crippen molar-refractivity contribution in [3.8, 4) is 0 Å². The van der Waals surface area contributed by atoms with E-state index in [1.165, 1.54) is 11.1 Å². The van der Waals surface area contributed by atoms with Crippen LogP contribution in [0.2, 0.25) is 0 Å². The molecule has 0 saturated heterocycles. The second-order valence-corrected chi connectivity index (χ2v) is 5.44. The Balaban J connectivity index is 1.72. The molecule has 0 aromatic heterocycles. The molecule has 0 heterocycles. The van der Waals surface area contributed by atoms with Gasteiger partial charge in [0.15, 0.2) is 0 Å². The number of nitrogen functional groups attached to an aromatic ring is 1. The van der Waals surface area contributed by atoms with Crippen molar-refractivity contribution in [1.82, 2.24) is 5.32 Å². The minimum atomic E-state index is -0.0830. The van der Waals surface area contributed by atoms with Gasteiger partial charge in [-0.15, -0.1) is 0 Å². The van der Waals surface area contributed by atoms with Gasteiger partial charge in [0.25, 0.3) is 5.91 Å². The molecule has 20 heavy (non-hydrogen) atoms. The molecule has 102 valence electrons. The summed E-state index contributed by atoms with van der Waals surface area (Å²) < 4.78 is 0. The number of benzene rings is 2. The molecule has 0 unspecified atom stereocenters. The first-order chi connectivity index (χ1) is 9.63. The van der Waals surface area contributed by atoms with Crippen LogP contribution in [0.5, 0.6) is 0 Å². The second kappa shape index (κ2) is 5.00. The van der Waals surface area contributed by atoms with E-state index in [1.807, 2.05) is 31.2 Å². The van der Waals surface area contributed by atoms with Gasteiger partial charge in [-0.3, -0.25) is 4.79 Å². The van der Waals surface area contributed by atoms with Gasteiger partial charge in [0.2, 0.25) is 0 Å². The molecule has 1 aliphatic carbocycles. The zero-order valence-corrected chi connectivity index (χ0v) is 11.5. The molecule has 0 fully saturated rings. The van der Waals surface area contributed by atoms with Crippen molar-refractivity contribution < 1.29 is 4.79 Å². The summed E-state index contributed by atoms with van der Waals surface area (Å²) in [6.07, 6.45) is 1.79. The Bertz CT molecular complexity index is 639. The molecule has 2 aromatic carbocycles. The molecule has 1 aliphatic rings. The van der Waals surface area contributed by atoms with E-state index in [4.69, 9.17) is 5.73 Å². The van der Waals surface area contributed by atoms with Crippen LogP contribution in [0.3, 0.4) is 0 Å². The number of hydrogen-bond acceptors (Lipinski definition) is 2. The Morgan fingerprint density at radius 3 is 2.40 bits per heavy atom. The third-order valence-corrected chi connectivity index (χ3v) is 3.84. The monoisotopic (exact) mass is 266 g/mol. The molecule has 0 atom stereocenters. The molecule has 0 aliphatic heterocycles. The Morgan fingerprint density at radius 1 is 1.15 bits per heavy atom. The summed E-state index contributed by atoms with van der Waals surface area (Å²) in [5, 5.41) is 3.08. The van der Waals surface area contributed by atoms with Crippen molar-refractivity contribution in [1.29, 1.82) is 0 Å². The van der Waals surface area contributed by atoms with Gasteiger partial charge in [-0.05, 0) is 48.6 Å². The van der Waals surface area contributed by atoms with Crippen molar-refractivity contribution >= 4 is 11.6 Å². The highest BCUT2D eigenvalue weighted by Crippen LogP contribution is 2.22. The summed E-state index contributed by atoms with van der Waals surface area (Å²) in [6, 6.07) is 14.0. The zero-order chi connectivity index (χ0) is 14.1. The number of hydrogen-bond donors (Lipinski definition) is 2. The Kier molecular flexibility index (Phi) is 3.18. The average molecular weight is 266 g/mol. The number of anilines is 1. The molecule has 3 rings (SSSR count). The molecular weight excluding hydrogens is 248 g/mol. The van der Waals surface area contributed by atoms with Crippen LogP contribution in [0.15, 0.2) is 42.5 Å². The normalized spacial score (nSPS) is 14.1. The van der Waals surface area contributed by atoms with Crippen molar-refractivity contribution in [2.75, 3.05) is 5.73 Å². The smallest absolute Gasteiger partial charge is 0.253 e. The predicted octanol–water partition coefficient (Wildman–Crippen LogP) is 2.47. The highest BCUT2D eigenvalue weighted by molar-refractivity contribution is 5.99. The molecule has 0 saturated carbocycles. The third kappa shape index (κ3) is 2.39. The summed E-state index contributed by atoms with van der Waals surface area (Å²) in [4.78, 5) is 12.3. The maximum Gasteiger partial charge on any atom is 0.253 e. The second-order valence-electron chi connectivity index (χ2n) is 5.44. The van der Waals surface area contributed by atoms with Crippen LogP contribution in [0, 0.1) is 6.92 Å². The average Bonchev–Trinajstić information content (AvgIpc) is 2.80. The molecule has 0 radical (unpaired) electrons. The number of nitrogens with one attached hydrogen (secondary N) is 1. The molecule has 2 aromatic rings. The van der Waals surface area contributed by atoms with Crippen LogP contribution < -0.4 is 11.1 Å². The lowest BCUT2D eigenvalue weighted by atomic mass is 10.1. The molecular formula is C17H18N2O. The van der Waals surface area contributed by atoms with Gasteiger partial charge in [-0.25, -0.2) is 0 Å². The van der Waals surface area contributed by atoms with Gasteiger partial charge >= 0.3 is 0 Å². The van der Waals surface area contributed by atoms with E-state index in [1.54, 1.807) is 6.07 Å². The van der Waals surface area contributed by atoms with E-state index in [2.05, 4.69) is 17.4 Å². The maximum atomic E-state index is 12.3. The lowest BCUT2D eigenvalue weighted by molar-refractivity contribution is 0.0939. The lowest BCUT2D eigenvalue weighted by Crippen LogP contribution is -2.35. The standard InChI is InChI=1S/C17H18N2O/c1-11-6-7-15(16(18)8-11)17(20)19-14-9-12-4-2-3-5-13(12)10-14/h2-8,14H,9-10,18H2,1H3,(H,19,20). The van der Waals surface area contributed by atoms with Crippen LogP contribution in [0.25, 0.3) is 0 Å². The van der Waals surface area contributed by atoms with Gasteiger partial charge in [-0.2, -0.15) is 0 Å². The van der Waals surface area contributed by atoms with Gasteiger partial charge in [0, 0.05) is 11.7 Å². The van der Waals surface area contributed by atoms with Crippen molar-refractivity contribution in [2.45, 2.75) is 25.8 Å². The molecule has 3 N–H and O–H groups in total. The first-order valence-corrected chi connectivity index (χ1v) is 6.87. The summed E-state index contributed by atoms with van der Waals surface area (Å²) in [5.74, 6) is -0.0830. The molecule has 0 spiro atoms. The summed E-state index contributed by atoms with van der Waals surface area (Å²) in [7, 11) is 0. The Labute approximate surface area is 118 Å². The maximum absolute atomic E-state index is 12.3. The number of fused-ring (bicyclic) bond motifs is 1. The fraction of sp³-hybridized carbons (Fsp3) is 0.235. The number of carbonyl (C=O) groups excluding carboxylic acids is 1. The van der Waals surface area contributed by atoms with Gasteiger partial charge in [-0.1, -0.05) is 30.3 Å². The van der Waals surface area contributed by atoms with Crippen molar-refractivity contribution in [3.63, 3.8) is 0 Å². The van der Waals surface area contributed by atoms with Crippen LogP contribution >= 0.6 is 0 Å². The van der Waals surface area contributed by atoms with E-state index in [9.17, 15) is 4.79 Å². The minimum Gasteiger partial charge on any atom is -0.398 e. The van der Waals surface area contributed by atoms with E-state index in [0.29, 0.717) is 11.3 Å². The number of aryl methyl sites for hydroxylation is 1. The minimum absolute atomic E-state index is 0.0830. The topological polar surface area (TPSA) is 55.1 Å². The van der Waals surface area contributed by atoms with Gasteiger partial charge in [0.1, 0.15) is 0 Å². The fourth-order valence-electron chi connectivity index (χ4n) is 2.81. The van der Waals surface area contributed by atoms with E-state index >= 15 is 0 Å². The Hall–Kier alpha value is -2.29. The third-order valence-electron chi connectivity index (χ3n) is 3.84. The molecule has 3 heteroatoms. The largest absolute Gasteiger partial charge is 0.398 e. The van der Waals surface area contributed by atoms with Gasteiger partial charge < -0.3 is 11.1 Å². The number of nitrogens with two attached hydrogens (primary N) is 1. The van der Waals surface area contributed by atoms with Crippen LogP contribution in [-0.4, -0.2) is 11.9 Å². The molecule has 1 amide bonds. The number of carbonyl (C=O) groups is 1. The quantitative estimate of drug-likeness (QED) is 0.820. The van der Waals surface area contributed by atoms with Gasteiger partial charge in [0.05, 0.1) is 5.56 Å². The van der Waals surface area contributed by atoms with Crippen molar-refractivity contribution in [2.24, 2.45) is 0 Å². The first-order valence-electron chi connectivity index (χ1n) is 6.87. The van der Waals surface area contributed by atoms with Crippen LogP contribution in [-0.2, 0) is 12.8 Å². The predicted molar refractivity (Wildman–Crippen MR) is 80.7 cm³/mol. The highest BCUT2D eigenvalue weighted by atomic mass is 16.1. The summed E-state index contributed by atoms with van der Waals surface area (Å²) in [6.45, 7) is 1.96. The molecule has 0 bridgehead atoms. The fourth-order valence-corrected chi connectivity index (χ4v) is 2.81. The zero-order valence-electron chi connectivity index (χ0n) is 11.5. The number of amides is 1. The number of rotatable bonds is 2. The summed E-state index contributed by atoms with van der Waals surface area (Å²) in [5.41, 5.74) is 10.7. The van der Waals surface area contributed by atoms with E-state index in [-0.39, 0.29) is 11.9 Å².